The van der Waals surface area contributed by atoms with Gasteiger partial charge in [-0.05, 0) is 61.7 Å². The number of rotatable bonds is 3. The van der Waals surface area contributed by atoms with E-state index < -0.39 is 23.1 Å². The third-order valence-corrected chi connectivity index (χ3v) is 6.99. The summed E-state index contributed by atoms with van der Waals surface area (Å²) in [7, 11) is 0. The van der Waals surface area contributed by atoms with Gasteiger partial charge >= 0.3 is 6.18 Å². The van der Waals surface area contributed by atoms with Gasteiger partial charge < -0.3 is 14.7 Å². The fourth-order valence-electron chi connectivity index (χ4n) is 5.04. The van der Waals surface area contributed by atoms with Crippen LogP contribution in [-0.4, -0.2) is 35.4 Å². The molecule has 5 rings (SSSR count). The van der Waals surface area contributed by atoms with Gasteiger partial charge in [0.25, 0.3) is 0 Å². The zero-order valence-electron chi connectivity index (χ0n) is 18.9. The minimum absolute atomic E-state index is 0.313. The maximum absolute atomic E-state index is 13.2. The fourth-order valence-corrected chi connectivity index (χ4v) is 5.04. The molecule has 2 heterocycles. The Bertz CT molecular complexity index is 1160. The maximum Gasteiger partial charge on any atom is 0.416 e. The average Bonchev–Trinajstić information content (AvgIpc) is 2.84. The smallest absolute Gasteiger partial charge is 0.416 e. The Kier molecular flexibility index (Phi) is 5.57. The van der Waals surface area contributed by atoms with Crippen LogP contribution in [0.2, 0.25) is 0 Å². The number of benzene rings is 3. The summed E-state index contributed by atoms with van der Waals surface area (Å²) < 4.78 is 46.1. The van der Waals surface area contributed by atoms with Crippen molar-refractivity contribution in [2.45, 2.75) is 37.3 Å². The topological polar surface area (TPSA) is 35.9 Å². The summed E-state index contributed by atoms with van der Waals surface area (Å²) in [6, 6.07) is 23.1. The molecule has 0 amide bonds. The molecule has 1 saturated heterocycles. The molecule has 1 N–H and O–H groups in total. The highest BCUT2D eigenvalue weighted by molar-refractivity contribution is 5.70. The van der Waals surface area contributed by atoms with Crippen molar-refractivity contribution in [3.05, 3.63) is 90.0 Å². The Morgan fingerprint density at radius 3 is 2.26 bits per heavy atom. The Hall–Kier alpha value is -3.03. The van der Waals surface area contributed by atoms with Crippen LogP contribution in [0.4, 0.5) is 24.5 Å². The first kappa shape index (κ1) is 22.7. The van der Waals surface area contributed by atoms with Gasteiger partial charge in [-0.3, -0.25) is 4.90 Å². The van der Waals surface area contributed by atoms with Crippen molar-refractivity contribution in [2.24, 2.45) is 0 Å². The van der Waals surface area contributed by atoms with Crippen LogP contribution in [0.15, 0.2) is 78.9 Å². The highest BCUT2D eigenvalue weighted by atomic mass is 19.4. The van der Waals surface area contributed by atoms with Crippen molar-refractivity contribution >= 4 is 11.4 Å². The lowest BCUT2D eigenvalue weighted by atomic mass is 9.83. The van der Waals surface area contributed by atoms with Crippen LogP contribution in [-0.2, 0) is 11.8 Å². The molecule has 34 heavy (non-hydrogen) atoms. The van der Waals surface area contributed by atoms with E-state index >= 15 is 0 Å². The zero-order chi connectivity index (χ0) is 24.0. The number of halogens is 3. The van der Waals surface area contributed by atoms with E-state index in [2.05, 4.69) is 21.9 Å². The SMILES string of the molecule is CC1(N2CCC(O)(c3cccc(C(F)(F)F)c3)CC2)CN(c2ccccc2)c2ccccc2O1. The normalized spacial score (nSPS) is 22.7. The van der Waals surface area contributed by atoms with Crippen LogP contribution in [0.1, 0.15) is 30.9 Å². The second-order valence-electron chi connectivity index (χ2n) is 9.26. The van der Waals surface area contributed by atoms with Crippen molar-refractivity contribution in [1.82, 2.24) is 4.90 Å². The highest BCUT2D eigenvalue weighted by Crippen LogP contribution is 2.44. The Morgan fingerprint density at radius 2 is 1.56 bits per heavy atom. The van der Waals surface area contributed by atoms with Crippen LogP contribution in [0.25, 0.3) is 0 Å². The van der Waals surface area contributed by atoms with E-state index in [-0.39, 0.29) is 0 Å². The number of alkyl halides is 3. The number of anilines is 2. The highest BCUT2D eigenvalue weighted by Gasteiger charge is 2.45. The number of fused-ring (bicyclic) bond motifs is 1. The van der Waals surface area contributed by atoms with Crippen molar-refractivity contribution in [2.75, 3.05) is 24.5 Å². The molecule has 2 aliphatic rings. The van der Waals surface area contributed by atoms with E-state index in [1.165, 1.54) is 6.07 Å². The van der Waals surface area contributed by atoms with Crippen LogP contribution in [0.5, 0.6) is 5.75 Å². The molecule has 1 atom stereocenters. The Morgan fingerprint density at radius 1 is 0.882 bits per heavy atom. The van der Waals surface area contributed by atoms with Crippen molar-refractivity contribution in [3.8, 4) is 5.75 Å². The van der Waals surface area contributed by atoms with Gasteiger partial charge in [-0.1, -0.05) is 42.5 Å². The molecule has 0 aromatic heterocycles. The zero-order valence-corrected chi connectivity index (χ0v) is 18.9. The van der Waals surface area contributed by atoms with E-state index in [1.54, 1.807) is 6.07 Å². The number of ether oxygens (including phenoxy) is 1. The van der Waals surface area contributed by atoms with Crippen molar-refractivity contribution < 1.29 is 23.0 Å². The van der Waals surface area contributed by atoms with Crippen LogP contribution >= 0.6 is 0 Å². The predicted octanol–water partition coefficient (Wildman–Crippen LogP) is 5.94. The fraction of sp³-hybridized carbons (Fsp3) is 0.333. The summed E-state index contributed by atoms with van der Waals surface area (Å²) in [5, 5.41) is 11.3. The molecule has 0 spiro atoms. The summed E-state index contributed by atoms with van der Waals surface area (Å²) in [4.78, 5) is 4.41. The molecule has 0 saturated carbocycles. The molecule has 0 radical (unpaired) electrons. The molecule has 7 heteroatoms. The Labute approximate surface area is 197 Å². The van der Waals surface area contributed by atoms with Gasteiger partial charge in [-0.2, -0.15) is 13.2 Å². The van der Waals surface area contributed by atoms with Gasteiger partial charge in [0, 0.05) is 18.8 Å². The van der Waals surface area contributed by atoms with Crippen molar-refractivity contribution in [3.63, 3.8) is 0 Å². The predicted molar refractivity (Wildman–Crippen MR) is 125 cm³/mol. The molecule has 2 aliphatic heterocycles. The van der Waals surface area contributed by atoms with Gasteiger partial charge in [0.2, 0.25) is 0 Å². The van der Waals surface area contributed by atoms with Crippen LogP contribution in [0, 0.1) is 0 Å². The lowest BCUT2D eigenvalue weighted by Crippen LogP contribution is -2.62. The minimum Gasteiger partial charge on any atom is -0.469 e. The molecule has 1 unspecified atom stereocenters. The molecule has 4 nitrogen and oxygen atoms in total. The molecule has 0 aliphatic carbocycles. The number of likely N-dealkylation sites (tertiary alicyclic amines) is 1. The molecular weight excluding hydrogens is 441 g/mol. The third kappa shape index (κ3) is 4.14. The largest absolute Gasteiger partial charge is 0.469 e. The van der Waals surface area contributed by atoms with E-state index in [0.29, 0.717) is 38.0 Å². The summed E-state index contributed by atoms with van der Waals surface area (Å²) in [5.74, 6) is 0.777. The van der Waals surface area contributed by atoms with Crippen molar-refractivity contribution in [1.29, 1.82) is 0 Å². The molecule has 178 valence electrons. The summed E-state index contributed by atoms with van der Waals surface area (Å²) in [6.45, 7) is 3.60. The van der Waals surface area contributed by atoms with E-state index in [4.69, 9.17) is 4.74 Å². The second-order valence-corrected chi connectivity index (χ2v) is 9.26. The first-order valence-electron chi connectivity index (χ1n) is 11.4. The quantitative estimate of drug-likeness (QED) is 0.517. The van der Waals surface area contributed by atoms with E-state index in [0.717, 1.165) is 29.3 Å². The number of nitrogens with zero attached hydrogens (tertiary/aromatic N) is 2. The number of aliphatic hydroxyl groups is 1. The van der Waals surface area contributed by atoms with Gasteiger partial charge in [-0.15, -0.1) is 0 Å². The number of hydrogen-bond acceptors (Lipinski definition) is 4. The lowest BCUT2D eigenvalue weighted by Gasteiger charge is -2.51. The number of piperidine rings is 1. The maximum atomic E-state index is 13.2. The van der Waals surface area contributed by atoms with Crippen LogP contribution < -0.4 is 9.64 Å². The first-order valence-corrected chi connectivity index (χ1v) is 11.4. The standard InChI is InChI=1S/C27H27F3N2O2/c1-25(19-32(22-10-3-2-4-11-22)23-12-5-6-13-24(23)34-25)31-16-14-26(33,15-17-31)20-8-7-9-21(18-20)27(28,29)30/h2-13,18,33H,14-17,19H2,1H3. The summed E-state index contributed by atoms with van der Waals surface area (Å²) in [5.41, 5.74) is -0.351. The van der Waals surface area contributed by atoms with E-state index in [1.807, 2.05) is 49.4 Å². The molecular formula is C27H27F3N2O2. The molecule has 0 bridgehead atoms. The number of hydrogen-bond donors (Lipinski definition) is 1. The second kappa shape index (κ2) is 8.32. The minimum atomic E-state index is -4.44. The third-order valence-electron chi connectivity index (χ3n) is 6.99. The average molecular weight is 469 g/mol. The molecule has 1 fully saturated rings. The van der Waals surface area contributed by atoms with Gasteiger partial charge in [-0.25, -0.2) is 0 Å². The monoisotopic (exact) mass is 468 g/mol. The lowest BCUT2D eigenvalue weighted by molar-refractivity contribution is -0.138. The Balaban J connectivity index is 1.39. The van der Waals surface area contributed by atoms with Gasteiger partial charge in [0.15, 0.2) is 5.72 Å². The van der Waals surface area contributed by atoms with Gasteiger partial charge in [0.1, 0.15) is 5.75 Å². The molecule has 3 aromatic carbocycles. The van der Waals surface area contributed by atoms with E-state index in [9.17, 15) is 18.3 Å². The summed E-state index contributed by atoms with van der Waals surface area (Å²) in [6.07, 6.45) is -3.80. The number of para-hydroxylation sites is 3. The molecule has 3 aromatic rings. The van der Waals surface area contributed by atoms with Gasteiger partial charge in [0.05, 0.1) is 23.4 Å². The summed E-state index contributed by atoms with van der Waals surface area (Å²) >= 11 is 0. The first-order chi connectivity index (χ1) is 16.2. The van der Waals surface area contributed by atoms with Crippen LogP contribution in [0.3, 0.4) is 0 Å².